The molecule has 0 atom stereocenters. The lowest BCUT2D eigenvalue weighted by Gasteiger charge is -2.30. The van der Waals surface area contributed by atoms with E-state index < -0.39 is 10.0 Å². The zero-order valence-corrected chi connectivity index (χ0v) is 19.6. The topological polar surface area (TPSA) is 84.9 Å². The fraction of sp³-hybridized carbons (Fsp3) is 0.240. The zero-order valence-electron chi connectivity index (χ0n) is 18.8. The second-order valence-electron chi connectivity index (χ2n) is 7.89. The van der Waals surface area contributed by atoms with E-state index in [1.807, 2.05) is 31.2 Å². The summed E-state index contributed by atoms with van der Waals surface area (Å²) in [6.45, 7) is 2.56. The van der Waals surface area contributed by atoms with E-state index in [9.17, 15) is 13.2 Å². The van der Waals surface area contributed by atoms with Crippen LogP contribution in [0.1, 0.15) is 27.9 Å². The van der Waals surface area contributed by atoms with Crippen molar-refractivity contribution < 1.29 is 22.7 Å². The number of benzene rings is 3. The molecule has 1 heterocycles. The monoisotopic (exact) mass is 466 g/mol. The number of sulfonamides is 1. The molecule has 1 N–H and O–H groups in total. The highest BCUT2D eigenvalue weighted by Crippen LogP contribution is 2.34. The summed E-state index contributed by atoms with van der Waals surface area (Å²) < 4.78 is 39.3. The Labute approximate surface area is 194 Å². The second kappa shape index (κ2) is 9.15. The number of methoxy groups -OCH3 is 2. The highest BCUT2D eigenvalue weighted by molar-refractivity contribution is 7.92. The molecule has 0 unspecified atom stereocenters. The molecule has 1 amide bonds. The predicted molar refractivity (Wildman–Crippen MR) is 128 cm³/mol. The van der Waals surface area contributed by atoms with Crippen LogP contribution in [0.4, 0.5) is 11.4 Å². The van der Waals surface area contributed by atoms with Crippen LogP contribution >= 0.6 is 0 Å². The summed E-state index contributed by atoms with van der Waals surface area (Å²) in [6, 6.07) is 17.2. The molecule has 4 rings (SSSR count). The summed E-state index contributed by atoms with van der Waals surface area (Å²) in [6.07, 6.45) is 1.45. The minimum atomic E-state index is -3.89. The molecule has 0 aromatic heterocycles. The van der Waals surface area contributed by atoms with Gasteiger partial charge in [-0.05, 0) is 67.8 Å². The standard InChI is InChI=1S/C25H26N2O5S/c1-17-6-8-18(9-7-17)25(28)27-14-4-5-19-15-21(11-12-23(19)27)33(29,30)26-22-16-20(31-2)10-13-24(22)32-3/h6-13,15-16,26H,4-5,14H2,1-3H3. The maximum atomic E-state index is 13.1. The first-order valence-electron chi connectivity index (χ1n) is 10.6. The molecule has 0 aliphatic carbocycles. The fourth-order valence-corrected chi connectivity index (χ4v) is 5.01. The molecule has 0 bridgehead atoms. The Morgan fingerprint density at radius 1 is 0.970 bits per heavy atom. The van der Waals surface area contributed by atoms with Crippen molar-refractivity contribution >= 4 is 27.3 Å². The quantitative estimate of drug-likeness (QED) is 0.582. The number of ether oxygens (including phenoxy) is 2. The van der Waals surface area contributed by atoms with E-state index in [0.29, 0.717) is 30.0 Å². The van der Waals surface area contributed by atoms with Crippen LogP contribution in [0.2, 0.25) is 0 Å². The van der Waals surface area contributed by atoms with Crippen molar-refractivity contribution in [3.63, 3.8) is 0 Å². The SMILES string of the molecule is COc1ccc(OC)c(NS(=O)(=O)c2ccc3c(c2)CCCN3C(=O)c2ccc(C)cc2)c1. The average molecular weight is 467 g/mol. The van der Waals surface area contributed by atoms with Gasteiger partial charge in [0.1, 0.15) is 11.5 Å². The normalized spacial score (nSPS) is 13.2. The predicted octanol–water partition coefficient (Wildman–Crippen LogP) is 4.41. The number of hydrogen-bond acceptors (Lipinski definition) is 5. The van der Waals surface area contributed by atoms with Gasteiger partial charge in [-0.25, -0.2) is 8.42 Å². The number of amides is 1. The van der Waals surface area contributed by atoms with E-state index in [0.717, 1.165) is 23.2 Å². The molecule has 7 nitrogen and oxygen atoms in total. The molecule has 0 saturated carbocycles. The van der Waals surface area contributed by atoms with Gasteiger partial charge in [0.15, 0.2) is 0 Å². The minimum Gasteiger partial charge on any atom is -0.497 e. The molecule has 0 spiro atoms. The van der Waals surface area contributed by atoms with Crippen LogP contribution in [0.3, 0.4) is 0 Å². The van der Waals surface area contributed by atoms with Crippen molar-refractivity contribution in [1.29, 1.82) is 0 Å². The first-order valence-corrected chi connectivity index (χ1v) is 12.1. The molecule has 0 fully saturated rings. The Morgan fingerprint density at radius 2 is 1.73 bits per heavy atom. The summed E-state index contributed by atoms with van der Waals surface area (Å²) in [7, 11) is -0.910. The highest BCUT2D eigenvalue weighted by Gasteiger charge is 2.26. The van der Waals surface area contributed by atoms with Gasteiger partial charge >= 0.3 is 0 Å². The third-order valence-corrected chi connectivity index (χ3v) is 7.04. The van der Waals surface area contributed by atoms with Crippen molar-refractivity contribution in [3.8, 4) is 11.5 Å². The van der Waals surface area contributed by atoms with Crippen LogP contribution in [0.25, 0.3) is 0 Å². The molecule has 33 heavy (non-hydrogen) atoms. The van der Waals surface area contributed by atoms with Gasteiger partial charge in [-0.2, -0.15) is 0 Å². The molecule has 3 aromatic carbocycles. The highest BCUT2D eigenvalue weighted by atomic mass is 32.2. The second-order valence-corrected chi connectivity index (χ2v) is 9.57. The van der Waals surface area contributed by atoms with Gasteiger partial charge in [-0.3, -0.25) is 9.52 Å². The largest absolute Gasteiger partial charge is 0.497 e. The van der Waals surface area contributed by atoms with E-state index in [1.165, 1.54) is 20.3 Å². The number of nitrogens with one attached hydrogen (secondary N) is 1. The third-order valence-electron chi connectivity index (χ3n) is 5.67. The number of carbonyl (C=O) groups excluding carboxylic acids is 1. The number of carbonyl (C=O) groups is 1. The number of rotatable bonds is 6. The van der Waals surface area contributed by atoms with E-state index >= 15 is 0 Å². The van der Waals surface area contributed by atoms with Crippen LogP contribution < -0.4 is 19.1 Å². The van der Waals surface area contributed by atoms with Crippen molar-refractivity contribution in [2.75, 3.05) is 30.4 Å². The van der Waals surface area contributed by atoms with Crippen molar-refractivity contribution in [3.05, 3.63) is 77.4 Å². The van der Waals surface area contributed by atoms with Gasteiger partial charge < -0.3 is 14.4 Å². The van der Waals surface area contributed by atoms with E-state index in [-0.39, 0.29) is 16.5 Å². The fourth-order valence-electron chi connectivity index (χ4n) is 3.90. The Kier molecular flexibility index (Phi) is 6.29. The molecular formula is C25H26N2O5S. The number of anilines is 2. The van der Waals surface area contributed by atoms with Crippen LogP contribution in [-0.4, -0.2) is 35.1 Å². The van der Waals surface area contributed by atoms with Crippen molar-refractivity contribution in [1.82, 2.24) is 0 Å². The zero-order chi connectivity index (χ0) is 23.6. The molecular weight excluding hydrogens is 440 g/mol. The van der Waals surface area contributed by atoms with Gasteiger partial charge in [-0.15, -0.1) is 0 Å². The van der Waals surface area contributed by atoms with Crippen molar-refractivity contribution in [2.45, 2.75) is 24.7 Å². The summed E-state index contributed by atoms with van der Waals surface area (Å²) in [4.78, 5) is 14.9. The lowest BCUT2D eigenvalue weighted by atomic mass is 10.0. The maximum Gasteiger partial charge on any atom is 0.262 e. The molecule has 0 radical (unpaired) electrons. The molecule has 172 valence electrons. The third kappa shape index (κ3) is 4.66. The lowest BCUT2D eigenvalue weighted by Crippen LogP contribution is -2.35. The van der Waals surface area contributed by atoms with E-state index in [1.54, 1.807) is 35.2 Å². The molecule has 1 aliphatic rings. The number of nitrogens with zero attached hydrogens (tertiary/aromatic N) is 1. The summed E-state index contributed by atoms with van der Waals surface area (Å²) >= 11 is 0. The number of hydrogen-bond donors (Lipinski definition) is 1. The van der Waals surface area contributed by atoms with Crippen molar-refractivity contribution in [2.24, 2.45) is 0 Å². The van der Waals surface area contributed by atoms with Crippen LogP contribution in [0, 0.1) is 6.92 Å². The molecule has 1 aliphatic heterocycles. The number of aryl methyl sites for hydroxylation is 2. The maximum absolute atomic E-state index is 13.1. The van der Waals surface area contributed by atoms with Crippen LogP contribution in [-0.2, 0) is 16.4 Å². The first-order chi connectivity index (χ1) is 15.8. The molecule has 8 heteroatoms. The summed E-state index contributed by atoms with van der Waals surface area (Å²) in [5.41, 5.74) is 3.54. The molecule has 3 aromatic rings. The van der Waals surface area contributed by atoms with E-state index in [4.69, 9.17) is 9.47 Å². The van der Waals surface area contributed by atoms with E-state index in [2.05, 4.69) is 4.72 Å². The minimum absolute atomic E-state index is 0.0919. The van der Waals surface area contributed by atoms with Gasteiger partial charge in [-0.1, -0.05) is 17.7 Å². The lowest BCUT2D eigenvalue weighted by molar-refractivity contribution is 0.0985. The van der Waals surface area contributed by atoms with Gasteiger partial charge in [0.05, 0.1) is 24.8 Å². The Balaban J connectivity index is 1.64. The Morgan fingerprint density at radius 3 is 2.42 bits per heavy atom. The Hall–Kier alpha value is -3.52. The van der Waals surface area contributed by atoms with Gasteiger partial charge in [0.2, 0.25) is 0 Å². The summed E-state index contributed by atoms with van der Waals surface area (Å²) in [5, 5.41) is 0. The first kappa shape index (κ1) is 22.7. The van der Waals surface area contributed by atoms with Gasteiger partial charge in [0, 0.05) is 23.9 Å². The number of fused-ring (bicyclic) bond motifs is 1. The van der Waals surface area contributed by atoms with Crippen LogP contribution in [0.5, 0.6) is 11.5 Å². The van der Waals surface area contributed by atoms with Crippen LogP contribution in [0.15, 0.2) is 65.6 Å². The molecule has 0 saturated heterocycles. The Bertz CT molecular complexity index is 1290. The summed E-state index contributed by atoms with van der Waals surface area (Å²) in [5.74, 6) is 0.794. The smallest absolute Gasteiger partial charge is 0.262 e. The average Bonchev–Trinajstić information content (AvgIpc) is 2.83. The van der Waals surface area contributed by atoms with Gasteiger partial charge in [0.25, 0.3) is 15.9 Å².